The highest BCUT2D eigenvalue weighted by molar-refractivity contribution is 6.32. The zero-order chi connectivity index (χ0) is 26.7. The number of hydrogen-bond acceptors (Lipinski definition) is 5. The Labute approximate surface area is 212 Å². The average molecular weight is 529 g/mol. The van der Waals surface area contributed by atoms with E-state index in [4.69, 9.17) is 30.5 Å². The number of hydrogen-bond donors (Lipinski definition) is 1. The van der Waals surface area contributed by atoms with Crippen molar-refractivity contribution >= 4 is 23.1 Å². The van der Waals surface area contributed by atoms with Gasteiger partial charge < -0.3 is 24.1 Å². The Morgan fingerprint density at radius 3 is 2.28 bits per heavy atom. The molecule has 0 radical (unpaired) electrons. The van der Waals surface area contributed by atoms with E-state index in [-0.39, 0.29) is 28.7 Å². The molecule has 36 heavy (non-hydrogen) atoms. The maximum atomic E-state index is 13.5. The number of alkyl halides is 3. The molecule has 1 atom stereocenters. The van der Waals surface area contributed by atoms with Gasteiger partial charge in [0.15, 0.2) is 0 Å². The summed E-state index contributed by atoms with van der Waals surface area (Å²) in [5.41, 5.74) is -3.38. The van der Waals surface area contributed by atoms with Gasteiger partial charge in [-0.05, 0) is 63.6 Å². The summed E-state index contributed by atoms with van der Waals surface area (Å²) in [5, 5.41) is 9.36. The molecule has 10 heteroatoms. The quantitative estimate of drug-likeness (QED) is 0.337. The molecule has 0 fully saturated rings. The van der Waals surface area contributed by atoms with Gasteiger partial charge in [-0.3, -0.25) is 0 Å². The van der Waals surface area contributed by atoms with Crippen LogP contribution >= 0.6 is 11.6 Å². The van der Waals surface area contributed by atoms with Crippen molar-refractivity contribution in [3.63, 3.8) is 0 Å². The van der Waals surface area contributed by atoms with Crippen LogP contribution < -0.4 is 18.9 Å². The van der Waals surface area contributed by atoms with Gasteiger partial charge in [0, 0.05) is 18.1 Å². The van der Waals surface area contributed by atoms with Crippen LogP contribution in [0.2, 0.25) is 5.02 Å². The Morgan fingerprint density at radius 2 is 1.69 bits per heavy atom. The lowest BCUT2D eigenvalue weighted by molar-refractivity contribution is -0.154. The third-order valence-corrected chi connectivity index (χ3v) is 5.90. The van der Waals surface area contributed by atoms with E-state index in [1.165, 1.54) is 19.1 Å². The molecule has 0 saturated carbocycles. The van der Waals surface area contributed by atoms with Gasteiger partial charge in [-0.2, -0.15) is 13.2 Å². The van der Waals surface area contributed by atoms with E-state index in [1.54, 1.807) is 45.0 Å². The lowest BCUT2D eigenvalue weighted by Crippen LogP contribution is -2.40. The van der Waals surface area contributed by atoms with Crippen LogP contribution in [0.25, 0.3) is 5.57 Å². The second kappa shape index (κ2) is 10.5. The Balaban J connectivity index is 1.54. The first-order valence-electron chi connectivity index (χ1n) is 11.3. The van der Waals surface area contributed by atoms with Crippen LogP contribution in [0, 0.1) is 0 Å². The fourth-order valence-corrected chi connectivity index (χ4v) is 3.69. The van der Waals surface area contributed by atoms with Gasteiger partial charge in [-0.25, -0.2) is 4.79 Å². The van der Waals surface area contributed by atoms with Gasteiger partial charge in [0.05, 0.1) is 23.8 Å². The first-order valence-corrected chi connectivity index (χ1v) is 11.7. The van der Waals surface area contributed by atoms with Crippen LogP contribution in [-0.4, -0.2) is 41.7 Å². The van der Waals surface area contributed by atoms with Gasteiger partial charge in [0.1, 0.15) is 28.6 Å². The largest absolute Gasteiger partial charge is 0.493 e. The highest BCUT2D eigenvalue weighted by atomic mass is 35.5. The molecule has 196 valence electrons. The summed E-state index contributed by atoms with van der Waals surface area (Å²) in [4.78, 5) is 11.4. The van der Waals surface area contributed by atoms with Crippen molar-refractivity contribution in [3.05, 3.63) is 53.1 Å². The van der Waals surface area contributed by atoms with E-state index in [9.17, 15) is 23.1 Å². The van der Waals surface area contributed by atoms with Crippen molar-refractivity contribution in [1.82, 2.24) is 0 Å². The van der Waals surface area contributed by atoms with Crippen LogP contribution in [0.1, 0.15) is 46.1 Å². The second-order valence-corrected chi connectivity index (χ2v) is 9.46. The smallest absolute Gasteiger partial charge is 0.416 e. The number of ether oxygens (including phenoxy) is 4. The van der Waals surface area contributed by atoms with Gasteiger partial charge in [0.2, 0.25) is 5.60 Å². The van der Waals surface area contributed by atoms with Crippen LogP contribution in [0.4, 0.5) is 13.2 Å². The standard InChI is InChI=1S/C26H28ClF3O6/c1-5-25(4,23(31)32)35-17-9-7-16(8-10-17)33-11-6-12-34-22-14-21-18(13-20(22)27)19(26(28,29)30)15-24(2,3)36-21/h7-10,13-15H,5-6,11-12H2,1-4H3,(H,31,32)/t25-/m1/s1. The molecular formula is C26H28ClF3O6. The van der Waals surface area contributed by atoms with Gasteiger partial charge >= 0.3 is 12.1 Å². The number of carboxylic acids is 1. The number of aliphatic carboxylic acids is 1. The topological polar surface area (TPSA) is 74.2 Å². The summed E-state index contributed by atoms with van der Waals surface area (Å²) >= 11 is 6.19. The minimum absolute atomic E-state index is 0.0455. The molecule has 0 saturated heterocycles. The Kier molecular flexibility index (Phi) is 8.03. The Morgan fingerprint density at radius 1 is 1.08 bits per heavy atom. The maximum absolute atomic E-state index is 13.5. The first kappa shape index (κ1) is 27.5. The summed E-state index contributed by atoms with van der Waals surface area (Å²) in [5.74, 6) is 0.193. The predicted octanol–water partition coefficient (Wildman–Crippen LogP) is 6.94. The molecule has 2 aromatic carbocycles. The molecule has 0 unspecified atom stereocenters. The number of carboxylic acid groups (broad SMARTS) is 1. The normalized spacial score (nSPS) is 16.2. The maximum Gasteiger partial charge on any atom is 0.416 e. The lowest BCUT2D eigenvalue weighted by atomic mass is 9.94. The summed E-state index contributed by atoms with van der Waals surface area (Å²) < 4.78 is 63.2. The van der Waals surface area contributed by atoms with Crippen LogP contribution in [0.5, 0.6) is 23.0 Å². The van der Waals surface area contributed by atoms with Crippen molar-refractivity contribution in [2.24, 2.45) is 0 Å². The van der Waals surface area contributed by atoms with Crippen LogP contribution in [-0.2, 0) is 4.79 Å². The number of allylic oxidation sites excluding steroid dienone is 1. The summed E-state index contributed by atoms with van der Waals surface area (Å²) in [6.07, 6.45) is -2.73. The van der Waals surface area contributed by atoms with Crippen LogP contribution in [0.3, 0.4) is 0 Å². The number of rotatable bonds is 10. The van der Waals surface area contributed by atoms with Gasteiger partial charge in [-0.1, -0.05) is 18.5 Å². The molecule has 3 rings (SSSR count). The van der Waals surface area contributed by atoms with E-state index in [2.05, 4.69) is 0 Å². The molecule has 6 nitrogen and oxygen atoms in total. The summed E-state index contributed by atoms with van der Waals surface area (Å²) in [6, 6.07) is 9.16. The monoisotopic (exact) mass is 528 g/mol. The van der Waals surface area contributed by atoms with E-state index in [1.807, 2.05) is 0 Å². The van der Waals surface area contributed by atoms with E-state index in [0.29, 0.717) is 30.9 Å². The van der Waals surface area contributed by atoms with Gasteiger partial charge in [-0.15, -0.1) is 0 Å². The second-order valence-electron chi connectivity index (χ2n) is 9.05. The number of carbonyl (C=O) groups is 1. The van der Waals surface area contributed by atoms with Crippen molar-refractivity contribution in [3.8, 4) is 23.0 Å². The third kappa shape index (κ3) is 6.57. The van der Waals surface area contributed by atoms with Gasteiger partial charge in [0.25, 0.3) is 0 Å². The average Bonchev–Trinajstić information content (AvgIpc) is 2.78. The molecule has 0 aliphatic carbocycles. The summed E-state index contributed by atoms with van der Waals surface area (Å²) in [7, 11) is 0. The molecule has 1 aliphatic heterocycles. The molecule has 0 spiro atoms. The number of halogens is 4. The Hall–Kier alpha value is -3.07. The number of benzene rings is 2. The molecule has 2 aromatic rings. The van der Waals surface area contributed by atoms with Crippen molar-refractivity contribution < 1.29 is 42.0 Å². The molecule has 1 N–H and O–H groups in total. The van der Waals surface area contributed by atoms with Crippen molar-refractivity contribution in [1.29, 1.82) is 0 Å². The molecule has 0 amide bonds. The SMILES string of the molecule is CC[C@@](C)(Oc1ccc(OCCCOc2cc3c(cc2Cl)C(C(F)(F)F)=CC(C)(C)O3)cc1)C(=O)O. The minimum atomic E-state index is -4.55. The summed E-state index contributed by atoms with van der Waals surface area (Å²) in [6.45, 7) is 6.83. The van der Waals surface area contributed by atoms with E-state index in [0.717, 1.165) is 6.08 Å². The van der Waals surface area contributed by atoms with E-state index < -0.39 is 28.9 Å². The molecule has 0 aromatic heterocycles. The lowest BCUT2D eigenvalue weighted by Gasteiger charge is -2.32. The fraction of sp³-hybridized carbons (Fsp3) is 0.423. The van der Waals surface area contributed by atoms with Crippen molar-refractivity contribution in [2.75, 3.05) is 13.2 Å². The highest BCUT2D eigenvalue weighted by Gasteiger charge is 2.42. The fourth-order valence-electron chi connectivity index (χ4n) is 3.48. The zero-order valence-corrected chi connectivity index (χ0v) is 21.1. The molecule has 1 aliphatic rings. The van der Waals surface area contributed by atoms with Crippen LogP contribution in [0.15, 0.2) is 42.5 Å². The minimum Gasteiger partial charge on any atom is -0.493 e. The number of fused-ring (bicyclic) bond motifs is 1. The zero-order valence-electron chi connectivity index (χ0n) is 20.4. The Bertz CT molecular complexity index is 1130. The predicted molar refractivity (Wildman–Crippen MR) is 129 cm³/mol. The molecular weight excluding hydrogens is 501 g/mol. The third-order valence-electron chi connectivity index (χ3n) is 5.60. The van der Waals surface area contributed by atoms with E-state index >= 15 is 0 Å². The highest BCUT2D eigenvalue weighted by Crippen LogP contribution is 2.47. The van der Waals surface area contributed by atoms with Crippen molar-refractivity contribution in [2.45, 2.75) is 57.9 Å². The molecule has 1 heterocycles. The molecule has 0 bridgehead atoms. The first-order chi connectivity index (χ1) is 16.7.